The van der Waals surface area contributed by atoms with Crippen molar-refractivity contribution >= 4 is 0 Å². The van der Waals surface area contributed by atoms with Gasteiger partial charge in [0.2, 0.25) is 0 Å². The number of fused-ring (bicyclic) bond motifs is 1. The first-order valence-corrected chi connectivity index (χ1v) is 12.4. The Morgan fingerprint density at radius 2 is 1.74 bits per heavy atom. The predicted molar refractivity (Wildman–Crippen MR) is 132 cm³/mol. The van der Waals surface area contributed by atoms with Crippen LogP contribution in [-0.4, -0.2) is 37.6 Å². The molecule has 1 aromatic rings. The Morgan fingerprint density at radius 3 is 2.26 bits per heavy atom. The number of allylic oxidation sites excluding steroid dienone is 1. The lowest BCUT2D eigenvalue weighted by molar-refractivity contribution is -0.757. The van der Waals surface area contributed by atoms with Crippen molar-refractivity contribution in [3.63, 3.8) is 0 Å². The fraction of sp³-hybridized carbons (Fsp3) is 0.704. The van der Waals surface area contributed by atoms with Gasteiger partial charge in [-0.05, 0) is 65.2 Å². The average molecular weight is 476 g/mol. The summed E-state index contributed by atoms with van der Waals surface area (Å²) in [5.41, 5.74) is 3.47. The van der Waals surface area contributed by atoms with Crippen LogP contribution in [0, 0.1) is 27.4 Å². The van der Waals surface area contributed by atoms with Crippen molar-refractivity contribution < 1.29 is 24.5 Å². The Kier molecular flexibility index (Phi) is 8.17. The summed E-state index contributed by atoms with van der Waals surface area (Å²) in [5.74, 6) is 2.80. The average Bonchev–Trinajstić information content (AvgIpc) is 2.81. The van der Waals surface area contributed by atoms with E-state index in [1.54, 1.807) is 14.2 Å². The van der Waals surface area contributed by atoms with Gasteiger partial charge in [0.1, 0.15) is 11.5 Å². The maximum absolute atomic E-state index is 10.2. The Balaban J connectivity index is 1.78. The van der Waals surface area contributed by atoms with Crippen LogP contribution in [0.5, 0.6) is 11.5 Å². The topological polar surface area (TPSA) is 91.1 Å². The summed E-state index contributed by atoms with van der Waals surface area (Å²) in [4.78, 5) is 14.6. The van der Waals surface area contributed by atoms with Gasteiger partial charge in [0, 0.05) is 11.5 Å². The smallest absolute Gasteiger partial charge is 0.294 e. The Bertz CT molecular complexity index is 881. The van der Waals surface area contributed by atoms with Crippen molar-refractivity contribution in [1.82, 2.24) is 0 Å². The van der Waals surface area contributed by atoms with Gasteiger partial charge in [-0.25, -0.2) is 0 Å². The lowest BCUT2D eigenvalue weighted by atomic mass is 9.45. The van der Waals surface area contributed by atoms with Gasteiger partial charge in [-0.1, -0.05) is 53.0 Å². The molecule has 34 heavy (non-hydrogen) atoms. The molecule has 1 N–H and O–H groups in total. The second-order valence-corrected chi connectivity index (χ2v) is 11.0. The fourth-order valence-corrected chi connectivity index (χ4v) is 6.07. The lowest BCUT2D eigenvalue weighted by Gasteiger charge is -2.59. The van der Waals surface area contributed by atoms with Crippen LogP contribution in [0.1, 0.15) is 83.3 Å². The van der Waals surface area contributed by atoms with Gasteiger partial charge in [0.15, 0.2) is 0 Å². The number of ether oxygens (including phenoxy) is 2. The number of unbranched alkanes of at least 4 members (excludes halogenated alkanes) is 3. The van der Waals surface area contributed by atoms with Crippen LogP contribution in [0.3, 0.4) is 0 Å². The van der Waals surface area contributed by atoms with Crippen molar-refractivity contribution in [3.05, 3.63) is 45.0 Å². The van der Waals surface area contributed by atoms with Crippen molar-refractivity contribution in [2.24, 2.45) is 17.3 Å². The number of benzene rings is 1. The summed E-state index contributed by atoms with van der Waals surface area (Å²) >= 11 is 0. The lowest BCUT2D eigenvalue weighted by Crippen LogP contribution is -2.51. The van der Waals surface area contributed by atoms with Gasteiger partial charge in [0.25, 0.3) is 5.09 Å². The number of hydrogen-bond donors (Lipinski definition) is 1. The van der Waals surface area contributed by atoms with E-state index in [1.807, 2.05) is 0 Å². The molecule has 1 aromatic carbocycles. The molecule has 7 heteroatoms. The summed E-state index contributed by atoms with van der Waals surface area (Å²) in [6.07, 6.45) is 7.97. The van der Waals surface area contributed by atoms with Crippen LogP contribution in [0.4, 0.5) is 0 Å². The first-order valence-electron chi connectivity index (χ1n) is 12.4. The highest BCUT2D eigenvalue weighted by atomic mass is 16.9. The number of hydrogen-bond acceptors (Lipinski definition) is 6. The van der Waals surface area contributed by atoms with E-state index >= 15 is 0 Å². The number of rotatable bonds is 13. The van der Waals surface area contributed by atoms with Crippen LogP contribution in [0.25, 0.3) is 0 Å². The summed E-state index contributed by atoms with van der Waals surface area (Å²) in [6, 6.07) is 4.32. The quantitative estimate of drug-likeness (QED) is 0.167. The van der Waals surface area contributed by atoms with Crippen LogP contribution in [-0.2, 0) is 10.3 Å². The van der Waals surface area contributed by atoms with Crippen LogP contribution >= 0.6 is 0 Å². The zero-order chi connectivity index (χ0) is 25.1. The van der Waals surface area contributed by atoms with E-state index in [9.17, 15) is 15.2 Å². The van der Waals surface area contributed by atoms with Gasteiger partial charge in [0.05, 0.1) is 27.4 Å². The Labute approximate surface area is 203 Å². The molecule has 0 radical (unpaired) electrons. The van der Waals surface area contributed by atoms with Crippen molar-refractivity contribution in [2.45, 2.75) is 77.6 Å². The number of aliphatic hydroxyl groups excluding tert-OH is 1. The molecule has 1 fully saturated rings. The molecule has 1 saturated carbocycles. The third kappa shape index (κ3) is 5.19. The van der Waals surface area contributed by atoms with Crippen LogP contribution in [0.15, 0.2) is 23.8 Å². The van der Waals surface area contributed by atoms with Crippen LogP contribution < -0.4 is 9.47 Å². The van der Waals surface area contributed by atoms with Gasteiger partial charge in [-0.3, -0.25) is 0 Å². The molecule has 0 aliphatic heterocycles. The van der Waals surface area contributed by atoms with Crippen LogP contribution in [0.2, 0.25) is 0 Å². The largest absolute Gasteiger partial charge is 0.496 e. The van der Waals surface area contributed by atoms with E-state index < -0.39 is 5.09 Å². The van der Waals surface area contributed by atoms with E-state index in [-0.39, 0.29) is 30.0 Å². The van der Waals surface area contributed by atoms with Crippen molar-refractivity contribution in [3.8, 4) is 11.5 Å². The minimum Gasteiger partial charge on any atom is -0.496 e. The molecule has 3 aliphatic carbocycles. The van der Waals surface area contributed by atoms with E-state index in [1.165, 1.54) is 5.56 Å². The molecule has 0 amide bonds. The molecule has 0 saturated heterocycles. The highest BCUT2D eigenvalue weighted by molar-refractivity contribution is 5.55. The summed E-state index contributed by atoms with van der Waals surface area (Å²) in [7, 11) is 3.44. The molecule has 2 bridgehead atoms. The predicted octanol–water partition coefficient (Wildman–Crippen LogP) is 5.82. The Morgan fingerprint density at radius 1 is 1.12 bits per heavy atom. The maximum atomic E-state index is 10.2. The summed E-state index contributed by atoms with van der Waals surface area (Å²) in [6.45, 7) is 9.36. The second-order valence-electron chi connectivity index (χ2n) is 11.0. The fourth-order valence-electron chi connectivity index (χ4n) is 6.07. The number of methoxy groups -OCH3 is 2. The third-order valence-corrected chi connectivity index (χ3v) is 8.35. The summed E-state index contributed by atoms with van der Waals surface area (Å²) in [5, 5.41) is 19.5. The summed E-state index contributed by atoms with van der Waals surface area (Å²) < 4.78 is 11.9. The van der Waals surface area contributed by atoms with E-state index in [0.29, 0.717) is 18.3 Å². The highest BCUT2D eigenvalue weighted by Crippen LogP contribution is 2.65. The highest BCUT2D eigenvalue weighted by Gasteiger charge is 2.56. The molecule has 0 aromatic heterocycles. The SMILES string of the molecule is COc1cc(C(C)(C)CCCCCCO[N+](=O)[O-])cc(OC)c1[C@H]1C=C(CO)[C@@H]2C[C@H]1C2(C)C. The molecule has 3 aliphatic rings. The first kappa shape index (κ1) is 26.3. The van der Waals surface area contributed by atoms with Gasteiger partial charge >= 0.3 is 0 Å². The molecule has 190 valence electrons. The van der Waals surface area contributed by atoms with E-state index in [4.69, 9.17) is 9.47 Å². The minimum atomic E-state index is -0.731. The molecular weight excluding hydrogens is 434 g/mol. The standard InChI is InChI=1S/C27H41NO6/c1-26(2,11-9-7-8-10-12-34-28(30)31)19-14-23(32-5)25(24(15-19)33-6)20-13-18(17-29)21-16-22(20)27(21,3)4/h13-15,20-22,29H,7-12,16-17H2,1-6H3/t20-,21-,22+/m0/s1. The number of nitrogens with zero attached hydrogens (tertiary/aromatic N) is 1. The number of aliphatic hydroxyl groups is 1. The van der Waals surface area contributed by atoms with Gasteiger partial charge in [-0.2, -0.15) is 0 Å². The normalized spacial score (nSPS) is 23.0. The van der Waals surface area contributed by atoms with Crippen molar-refractivity contribution in [1.29, 1.82) is 0 Å². The first-order chi connectivity index (χ1) is 16.1. The third-order valence-electron chi connectivity index (χ3n) is 8.35. The van der Waals surface area contributed by atoms with Gasteiger partial charge in [-0.15, -0.1) is 10.1 Å². The van der Waals surface area contributed by atoms with E-state index in [0.717, 1.165) is 54.7 Å². The van der Waals surface area contributed by atoms with Gasteiger partial charge < -0.3 is 19.4 Å². The maximum Gasteiger partial charge on any atom is 0.294 e. The van der Waals surface area contributed by atoms with E-state index in [2.05, 4.69) is 50.7 Å². The molecule has 0 spiro atoms. The molecule has 3 atom stereocenters. The Hall–Kier alpha value is -2.28. The molecule has 4 rings (SSSR count). The second kappa shape index (κ2) is 10.5. The monoisotopic (exact) mass is 475 g/mol. The zero-order valence-electron chi connectivity index (χ0n) is 21.6. The van der Waals surface area contributed by atoms with Crippen molar-refractivity contribution in [2.75, 3.05) is 27.4 Å². The zero-order valence-corrected chi connectivity index (χ0v) is 21.6. The molecular formula is C27H41NO6. The molecule has 0 heterocycles. The minimum absolute atomic E-state index is 0.0735. The molecule has 7 nitrogen and oxygen atoms in total. The molecule has 0 unspecified atom stereocenters.